The quantitative estimate of drug-likeness (QED) is 0.586. The molecule has 0 amide bonds. The van der Waals surface area contributed by atoms with Crippen LogP contribution in [0, 0.1) is 11.8 Å². The summed E-state index contributed by atoms with van der Waals surface area (Å²) in [6.45, 7) is 11.5. The average Bonchev–Trinajstić information content (AvgIpc) is 2.58. The van der Waals surface area contributed by atoms with Crippen LogP contribution in [0.15, 0.2) is 22.8 Å². The molecule has 0 nitrogen and oxygen atoms in total. The summed E-state index contributed by atoms with van der Waals surface area (Å²) in [5, 5.41) is 0. The number of allylic oxidation sites excluding steroid dienone is 4. The van der Waals surface area contributed by atoms with Crippen molar-refractivity contribution < 1.29 is 0 Å². The first-order chi connectivity index (χ1) is 7.06. The van der Waals surface area contributed by atoms with Gasteiger partial charge in [0.25, 0.3) is 0 Å². The third-order valence-electron chi connectivity index (χ3n) is 3.36. The molecule has 15 heavy (non-hydrogen) atoms. The lowest BCUT2D eigenvalue weighted by Crippen LogP contribution is -1.93. The molecule has 0 aliphatic heterocycles. The second kappa shape index (κ2) is 5.53. The second-order valence-electron chi connectivity index (χ2n) is 5.37. The molecular formula is C15H26. The Kier molecular flexibility index (Phi) is 4.63. The highest BCUT2D eigenvalue weighted by molar-refractivity contribution is 5.40. The minimum atomic E-state index is 0.702. The van der Waals surface area contributed by atoms with Gasteiger partial charge in [-0.05, 0) is 36.7 Å². The van der Waals surface area contributed by atoms with E-state index in [2.05, 4.69) is 40.7 Å². The van der Waals surface area contributed by atoms with Crippen molar-refractivity contribution in [1.82, 2.24) is 0 Å². The minimum absolute atomic E-state index is 0.702. The van der Waals surface area contributed by atoms with Gasteiger partial charge in [-0.2, -0.15) is 0 Å². The number of unbranched alkanes of at least 4 members (excludes halogenated alkanes) is 1. The van der Waals surface area contributed by atoms with E-state index in [9.17, 15) is 0 Å². The Balaban J connectivity index is 2.73. The molecule has 1 aliphatic carbocycles. The van der Waals surface area contributed by atoms with Gasteiger partial charge in [0, 0.05) is 0 Å². The largest absolute Gasteiger partial charge is 0.0654 e. The number of rotatable bonds is 5. The highest BCUT2D eigenvalue weighted by Crippen LogP contribution is 2.36. The number of hydrogen-bond donors (Lipinski definition) is 0. The molecule has 0 saturated heterocycles. The highest BCUT2D eigenvalue weighted by Gasteiger charge is 2.19. The van der Waals surface area contributed by atoms with Gasteiger partial charge in [0.15, 0.2) is 0 Å². The molecule has 0 saturated carbocycles. The van der Waals surface area contributed by atoms with Gasteiger partial charge >= 0.3 is 0 Å². The molecule has 86 valence electrons. The predicted octanol–water partition coefficient (Wildman–Crippen LogP) is 5.12. The minimum Gasteiger partial charge on any atom is -0.0654 e. The van der Waals surface area contributed by atoms with Gasteiger partial charge in [0.2, 0.25) is 0 Å². The van der Waals surface area contributed by atoms with Crippen molar-refractivity contribution in [2.75, 3.05) is 0 Å². The van der Waals surface area contributed by atoms with Crippen molar-refractivity contribution >= 4 is 0 Å². The fraction of sp³-hybridized carbons (Fsp3) is 0.733. The molecule has 0 heteroatoms. The molecule has 0 spiro atoms. The summed E-state index contributed by atoms with van der Waals surface area (Å²) in [5.74, 6) is 1.42. The zero-order chi connectivity index (χ0) is 11.4. The van der Waals surface area contributed by atoms with Crippen molar-refractivity contribution in [2.45, 2.75) is 60.3 Å². The molecule has 0 radical (unpaired) electrons. The maximum absolute atomic E-state index is 2.47. The van der Waals surface area contributed by atoms with Crippen LogP contribution in [0.3, 0.4) is 0 Å². The van der Waals surface area contributed by atoms with Crippen LogP contribution < -0.4 is 0 Å². The van der Waals surface area contributed by atoms with Gasteiger partial charge in [-0.25, -0.2) is 0 Å². The van der Waals surface area contributed by atoms with Gasteiger partial charge in [-0.15, -0.1) is 0 Å². The molecule has 0 N–H and O–H groups in total. The van der Waals surface area contributed by atoms with Gasteiger partial charge in [-0.3, -0.25) is 0 Å². The van der Waals surface area contributed by atoms with Crippen LogP contribution in [0.1, 0.15) is 60.3 Å². The van der Waals surface area contributed by atoms with Crippen LogP contribution in [0.4, 0.5) is 0 Å². The lowest BCUT2D eigenvalue weighted by atomic mass is 9.96. The second-order valence-corrected chi connectivity index (χ2v) is 5.37. The van der Waals surface area contributed by atoms with E-state index >= 15 is 0 Å². The summed E-state index contributed by atoms with van der Waals surface area (Å²) in [6.07, 6.45) is 7.71. The van der Waals surface area contributed by atoms with Gasteiger partial charge in [0.1, 0.15) is 0 Å². The van der Waals surface area contributed by atoms with Crippen LogP contribution >= 0.6 is 0 Å². The van der Waals surface area contributed by atoms with E-state index in [4.69, 9.17) is 0 Å². The standard InChI is InChI=1S/C15H26/c1-6-7-8-13-9-14(11(2)3)10-15(13)12(4)5/h10-12H,6-9H2,1-5H3. The van der Waals surface area contributed by atoms with Crippen molar-refractivity contribution in [2.24, 2.45) is 11.8 Å². The maximum atomic E-state index is 2.47. The molecule has 0 heterocycles. The van der Waals surface area contributed by atoms with Crippen LogP contribution in [-0.4, -0.2) is 0 Å². The summed E-state index contributed by atoms with van der Waals surface area (Å²) in [5.41, 5.74) is 4.99. The van der Waals surface area contributed by atoms with Crippen molar-refractivity contribution in [3.63, 3.8) is 0 Å². The first kappa shape index (κ1) is 12.5. The fourth-order valence-electron chi connectivity index (χ4n) is 2.27. The number of hydrogen-bond acceptors (Lipinski definition) is 0. The molecule has 0 unspecified atom stereocenters. The van der Waals surface area contributed by atoms with E-state index in [1.54, 1.807) is 16.7 Å². The Bertz CT molecular complexity index is 264. The molecule has 1 rings (SSSR count). The summed E-state index contributed by atoms with van der Waals surface area (Å²) in [6, 6.07) is 0. The molecule has 0 aromatic heterocycles. The predicted molar refractivity (Wildman–Crippen MR) is 68.9 cm³/mol. The zero-order valence-corrected chi connectivity index (χ0v) is 11.1. The fourth-order valence-corrected chi connectivity index (χ4v) is 2.27. The normalized spacial score (nSPS) is 16.9. The summed E-state index contributed by atoms with van der Waals surface area (Å²) < 4.78 is 0. The highest BCUT2D eigenvalue weighted by atomic mass is 14.2. The van der Waals surface area contributed by atoms with Crippen LogP contribution in [-0.2, 0) is 0 Å². The third-order valence-corrected chi connectivity index (χ3v) is 3.36. The van der Waals surface area contributed by atoms with Crippen molar-refractivity contribution in [3.8, 4) is 0 Å². The third kappa shape index (κ3) is 3.22. The first-order valence-electron chi connectivity index (χ1n) is 6.48. The van der Waals surface area contributed by atoms with E-state index in [-0.39, 0.29) is 0 Å². The molecule has 0 aromatic rings. The van der Waals surface area contributed by atoms with E-state index in [0.29, 0.717) is 5.92 Å². The van der Waals surface area contributed by atoms with Gasteiger partial charge < -0.3 is 0 Å². The summed E-state index contributed by atoms with van der Waals surface area (Å²) in [7, 11) is 0. The zero-order valence-electron chi connectivity index (χ0n) is 11.1. The molecule has 0 bridgehead atoms. The molecule has 1 aliphatic rings. The van der Waals surface area contributed by atoms with E-state index < -0.39 is 0 Å². The van der Waals surface area contributed by atoms with Crippen molar-refractivity contribution in [3.05, 3.63) is 22.8 Å². The smallest absolute Gasteiger partial charge is 0.00967 e. The molecule has 0 fully saturated rings. The van der Waals surface area contributed by atoms with E-state index in [1.165, 1.54) is 25.7 Å². The molecule has 0 aromatic carbocycles. The van der Waals surface area contributed by atoms with E-state index in [0.717, 1.165) is 5.92 Å². The van der Waals surface area contributed by atoms with Crippen LogP contribution in [0.25, 0.3) is 0 Å². The topological polar surface area (TPSA) is 0 Å². The first-order valence-corrected chi connectivity index (χ1v) is 6.48. The summed E-state index contributed by atoms with van der Waals surface area (Å²) in [4.78, 5) is 0. The summed E-state index contributed by atoms with van der Waals surface area (Å²) >= 11 is 0. The van der Waals surface area contributed by atoms with E-state index in [1.807, 2.05) is 0 Å². The average molecular weight is 206 g/mol. The van der Waals surface area contributed by atoms with Crippen LogP contribution in [0.2, 0.25) is 0 Å². The Hall–Kier alpha value is -0.520. The molecule has 0 atom stereocenters. The lowest BCUT2D eigenvalue weighted by molar-refractivity contribution is 0.711. The monoisotopic (exact) mass is 206 g/mol. The SMILES string of the molecule is CCCCC1=C(C(C)C)C=C(C(C)C)C1. The van der Waals surface area contributed by atoms with Crippen LogP contribution in [0.5, 0.6) is 0 Å². The Morgan fingerprint density at radius 3 is 2.27 bits per heavy atom. The Morgan fingerprint density at radius 1 is 1.13 bits per heavy atom. The van der Waals surface area contributed by atoms with Gasteiger partial charge in [0.05, 0.1) is 0 Å². The molecular weight excluding hydrogens is 180 g/mol. The Labute approximate surface area is 95.5 Å². The lowest BCUT2D eigenvalue weighted by Gasteiger charge is -2.10. The van der Waals surface area contributed by atoms with Gasteiger partial charge in [-0.1, -0.05) is 58.3 Å². The maximum Gasteiger partial charge on any atom is -0.00967 e. The Morgan fingerprint density at radius 2 is 1.80 bits per heavy atom. The van der Waals surface area contributed by atoms with Crippen molar-refractivity contribution in [1.29, 1.82) is 0 Å².